The van der Waals surface area contributed by atoms with Crippen molar-refractivity contribution in [2.24, 2.45) is 0 Å². The number of rotatable bonds is 4. The summed E-state index contributed by atoms with van der Waals surface area (Å²) in [6, 6.07) is 0. The lowest BCUT2D eigenvalue weighted by molar-refractivity contribution is -0.118. The van der Waals surface area contributed by atoms with Gasteiger partial charge in [0.05, 0.1) is 4.83 Å². The highest BCUT2D eigenvalue weighted by Crippen LogP contribution is 2.05. The van der Waals surface area contributed by atoms with E-state index in [1.54, 1.807) is 0 Å². The maximum Gasteiger partial charge on any atom is 0.146 e. The van der Waals surface area contributed by atoms with E-state index in [0.29, 0.717) is 5.78 Å². The van der Waals surface area contributed by atoms with E-state index in [1.807, 2.05) is 6.92 Å². The summed E-state index contributed by atoms with van der Waals surface area (Å²) in [5.41, 5.74) is 0. The molecule has 0 aromatic heterocycles. The van der Waals surface area contributed by atoms with Gasteiger partial charge in [-0.3, -0.25) is 4.79 Å². The predicted molar refractivity (Wildman–Crippen MR) is 42.9 cm³/mol. The topological polar surface area (TPSA) is 17.1 Å². The first-order chi connectivity index (χ1) is 4.18. The lowest BCUT2D eigenvalue weighted by atomic mass is 10.1. The van der Waals surface area contributed by atoms with Gasteiger partial charge in [0, 0.05) is 6.42 Å². The zero-order valence-corrected chi connectivity index (χ0v) is 7.57. The van der Waals surface area contributed by atoms with Gasteiger partial charge in [-0.25, -0.2) is 0 Å². The molecule has 0 rings (SSSR count). The van der Waals surface area contributed by atoms with Crippen LogP contribution in [0.4, 0.5) is 0 Å². The number of ketones is 1. The highest BCUT2D eigenvalue weighted by atomic mass is 79.9. The molecule has 0 aliphatic carbocycles. The van der Waals surface area contributed by atoms with Gasteiger partial charge in [0.1, 0.15) is 5.78 Å². The van der Waals surface area contributed by atoms with E-state index in [9.17, 15) is 4.79 Å². The standard InChI is InChI=1S/C7H13BrO/c1-3-4-5-7(9)6(2)8/h6H,3-5H2,1-2H3. The third-order valence-electron chi connectivity index (χ3n) is 1.22. The Balaban J connectivity index is 3.28. The summed E-state index contributed by atoms with van der Waals surface area (Å²) in [4.78, 5) is 10.9. The monoisotopic (exact) mass is 192 g/mol. The van der Waals surface area contributed by atoms with E-state index in [1.165, 1.54) is 0 Å². The molecule has 1 unspecified atom stereocenters. The van der Waals surface area contributed by atoms with Crippen LogP contribution in [-0.2, 0) is 4.79 Å². The minimum absolute atomic E-state index is 0.0454. The van der Waals surface area contributed by atoms with Crippen molar-refractivity contribution >= 4 is 21.7 Å². The van der Waals surface area contributed by atoms with E-state index in [4.69, 9.17) is 0 Å². The molecule has 0 aromatic rings. The van der Waals surface area contributed by atoms with Crippen LogP contribution >= 0.6 is 15.9 Å². The van der Waals surface area contributed by atoms with Crippen LogP contribution in [0.15, 0.2) is 0 Å². The van der Waals surface area contributed by atoms with Gasteiger partial charge in [-0.05, 0) is 13.3 Å². The molecule has 0 heterocycles. The molecule has 0 fully saturated rings. The van der Waals surface area contributed by atoms with E-state index in [0.717, 1.165) is 19.3 Å². The Morgan fingerprint density at radius 1 is 1.67 bits per heavy atom. The van der Waals surface area contributed by atoms with Gasteiger partial charge < -0.3 is 0 Å². The molecule has 2 heteroatoms. The predicted octanol–water partition coefficient (Wildman–Crippen LogP) is 2.53. The van der Waals surface area contributed by atoms with Crippen LogP contribution in [0.2, 0.25) is 0 Å². The lowest BCUT2D eigenvalue weighted by Crippen LogP contribution is -2.08. The number of alkyl halides is 1. The fourth-order valence-corrected chi connectivity index (χ4v) is 0.779. The number of halogens is 1. The van der Waals surface area contributed by atoms with E-state index < -0.39 is 0 Å². The Bertz CT molecular complexity index is 88.9. The minimum atomic E-state index is 0.0454. The Kier molecular flexibility index (Phi) is 5.06. The number of unbranched alkanes of at least 4 members (excludes halogenated alkanes) is 1. The number of carbonyl (C=O) groups is 1. The maximum atomic E-state index is 10.9. The van der Waals surface area contributed by atoms with Crippen molar-refractivity contribution in [3.8, 4) is 0 Å². The molecule has 54 valence electrons. The van der Waals surface area contributed by atoms with Crippen LogP contribution in [0.1, 0.15) is 33.1 Å². The summed E-state index contributed by atoms with van der Waals surface area (Å²) in [6.07, 6.45) is 2.85. The minimum Gasteiger partial charge on any atom is -0.298 e. The van der Waals surface area contributed by atoms with Crippen LogP contribution in [-0.4, -0.2) is 10.6 Å². The first-order valence-electron chi connectivity index (χ1n) is 3.35. The second-order valence-corrected chi connectivity index (χ2v) is 3.56. The van der Waals surface area contributed by atoms with Crippen molar-refractivity contribution in [2.45, 2.75) is 37.9 Å². The van der Waals surface area contributed by atoms with Gasteiger partial charge >= 0.3 is 0 Å². The zero-order chi connectivity index (χ0) is 7.28. The highest BCUT2D eigenvalue weighted by molar-refractivity contribution is 9.10. The Morgan fingerprint density at radius 3 is 2.56 bits per heavy atom. The molecule has 0 N–H and O–H groups in total. The molecule has 0 radical (unpaired) electrons. The van der Waals surface area contributed by atoms with Crippen LogP contribution in [0.25, 0.3) is 0 Å². The number of carbonyl (C=O) groups excluding carboxylic acids is 1. The summed E-state index contributed by atoms with van der Waals surface area (Å²) in [7, 11) is 0. The Labute approximate surface area is 65.0 Å². The summed E-state index contributed by atoms with van der Waals surface area (Å²) in [5.74, 6) is 0.317. The number of hydrogen-bond acceptors (Lipinski definition) is 1. The zero-order valence-electron chi connectivity index (χ0n) is 5.98. The molecular formula is C7H13BrO. The highest BCUT2D eigenvalue weighted by Gasteiger charge is 2.06. The van der Waals surface area contributed by atoms with Gasteiger partial charge in [-0.15, -0.1) is 0 Å². The average Bonchev–Trinajstić information content (AvgIpc) is 1.82. The van der Waals surface area contributed by atoms with Crippen LogP contribution in [0.5, 0.6) is 0 Å². The first-order valence-corrected chi connectivity index (χ1v) is 4.26. The summed E-state index contributed by atoms with van der Waals surface area (Å²) < 4.78 is 0. The first kappa shape index (κ1) is 9.15. The van der Waals surface area contributed by atoms with Gasteiger partial charge in [0.2, 0.25) is 0 Å². The summed E-state index contributed by atoms with van der Waals surface area (Å²) in [6.45, 7) is 3.96. The van der Waals surface area contributed by atoms with Crippen molar-refractivity contribution < 1.29 is 4.79 Å². The third kappa shape index (κ3) is 4.64. The molecule has 1 nitrogen and oxygen atoms in total. The van der Waals surface area contributed by atoms with Crippen LogP contribution < -0.4 is 0 Å². The molecule has 0 spiro atoms. The van der Waals surface area contributed by atoms with Crippen molar-refractivity contribution in [3.05, 3.63) is 0 Å². The van der Waals surface area contributed by atoms with Crippen molar-refractivity contribution in [2.75, 3.05) is 0 Å². The van der Waals surface area contributed by atoms with E-state index in [2.05, 4.69) is 22.9 Å². The molecule has 0 aliphatic heterocycles. The number of hydrogen-bond donors (Lipinski definition) is 0. The molecule has 0 saturated carbocycles. The average molecular weight is 193 g/mol. The third-order valence-corrected chi connectivity index (χ3v) is 1.73. The largest absolute Gasteiger partial charge is 0.298 e. The van der Waals surface area contributed by atoms with E-state index in [-0.39, 0.29) is 4.83 Å². The van der Waals surface area contributed by atoms with Crippen molar-refractivity contribution in [1.29, 1.82) is 0 Å². The Morgan fingerprint density at radius 2 is 2.22 bits per heavy atom. The molecule has 0 saturated heterocycles. The molecular weight excluding hydrogens is 180 g/mol. The van der Waals surface area contributed by atoms with Gasteiger partial charge in [-0.2, -0.15) is 0 Å². The van der Waals surface area contributed by atoms with Crippen molar-refractivity contribution in [3.63, 3.8) is 0 Å². The number of Topliss-reactive ketones (excluding diaryl/α,β-unsaturated/α-hetero) is 1. The fourth-order valence-electron chi connectivity index (χ4n) is 0.550. The van der Waals surface area contributed by atoms with Gasteiger partial charge in [0.15, 0.2) is 0 Å². The summed E-state index contributed by atoms with van der Waals surface area (Å²) in [5, 5.41) is 0. The molecule has 9 heavy (non-hydrogen) atoms. The second kappa shape index (κ2) is 4.98. The SMILES string of the molecule is CCCCC(=O)C(C)Br. The van der Waals surface area contributed by atoms with Gasteiger partial charge in [-0.1, -0.05) is 29.3 Å². The fraction of sp³-hybridized carbons (Fsp3) is 0.857. The molecule has 0 amide bonds. The van der Waals surface area contributed by atoms with E-state index >= 15 is 0 Å². The van der Waals surface area contributed by atoms with Crippen molar-refractivity contribution in [1.82, 2.24) is 0 Å². The lowest BCUT2D eigenvalue weighted by Gasteiger charge is -1.98. The van der Waals surface area contributed by atoms with Crippen LogP contribution in [0, 0.1) is 0 Å². The molecule has 0 aliphatic rings. The maximum absolute atomic E-state index is 10.9. The molecule has 1 atom stereocenters. The molecule has 0 aromatic carbocycles. The Hall–Kier alpha value is 0.150. The van der Waals surface area contributed by atoms with Crippen LogP contribution in [0.3, 0.4) is 0 Å². The normalized spacial score (nSPS) is 13.2. The quantitative estimate of drug-likeness (QED) is 0.627. The smallest absolute Gasteiger partial charge is 0.146 e. The van der Waals surface area contributed by atoms with Gasteiger partial charge in [0.25, 0.3) is 0 Å². The summed E-state index contributed by atoms with van der Waals surface area (Å²) >= 11 is 3.22. The second-order valence-electron chi connectivity index (χ2n) is 2.19. The molecule has 0 bridgehead atoms.